The number of aromatic nitrogens is 1. The van der Waals surface area contributed by atoms with E-state index in [2.05, 4.69) is 24.1 Å². The summed E-state index contributed by atoms with van der Waals surface area (Å²) in [5.41, 5.74) is 1.38. The van der Waals surface area contributed by atoms with Crippen LogP contribution in [0, 0.1) is 5.92 Å². The van der Waals surface area contributed by atoms with E-state index >= 15 is 0 Å². The van der Waals surface area contributed by atoms with Crippen LogP contribution in [0.2, 0.25) is 0 Å². The summed E-state index contributed by atoms with van der Waals surface area (Å²) in [4.78, 5) is 16.7. The second kappa shape index (κ2) is 6.37. The van der Waals surface area contributed by atoms with Gasteiger partial charge >= 0.3 is 0 Å². The van der Waals surface area contributed by atoms with Gasteiger partial charge in [0.2, 0.25) is 5.88 Å². The lowest BCUT2D eigenvalue weighted by molar-refractivity contribution is 0.0950. The second-order valence-electron chi connectivity index (χ2n) is 5.06. The van der Waals surface area contributed by atoms with Gasteiger partial charge in [0.05, 0.1) is 17.7 Å². The number of rotatable bonds is 5. The molecule has 1 N–H and O–H groups in total. The summed E-state index contributed by atoms with van der Waals surface area (Å²) in [6, 6.07) is 9.31. The van der Waals surface area contributed by atoms with E-state index in [-0.39, 0.29) is 5.91 Å². The highest BCUT2D eigenvalue weighted by molar-refractivity contribution is 6.06. The number of hydrogen-bond acceptors (Lipinski definition) is 3. The molecule has 2 rings (SSSR count). The Bertz CT molecular complexity index is 608. The fourth-order valence-corrected chi connectivity index (χ4v) is 1.95. The molecule has 1 amide bonds. The van der Waals surface area contributed by atoms with E-state index in [9.17, 15) is 4.79 Å². The van der Waals surface area contributed by atoms with Crippen LogP contribution in [0.15, 0.2) is 30.3 Å². The third-order valence-electron chi connectivity index (χ3n) is 2.90. The summed E-state index contributed by atoms with van der Waals surface area (Å²) < 4.78 is 5.44. The van der Waals surface area contributed by atoms with Gasteiger partial charge in [0.1, 0.15) is 0 Å². The van der Waals surface area contributed by atoms with Crippen molar-refractivity contribution in [3.05, 3.63) is 35.9 Å². The van der Waals surface area contributed by atoms with E-state index in [0.29, 0.717) is 30.5 Å². The van der Waals surface area contributed by atoms with Crippen molar-refractivity contribution in [2.45, 2.75) is 20.8 Å². The van der Waals surface area contributed by atoms with Crippen molar-refractivity contribution in [3.63, 3.8) is 0 Å². The second-order valence-corrected chi connectivity index (χ2v) is 5.06. The highest BCUT2D eigenvalue weighted by atomic mass is 16.5. The minimum atomic E-state index is -0.0850. The minimum absolute atomic E-state index is 0.0850. The molecular formula is C16H20N2O2. The van der Waals surface area contributed by atoms with E-state index in [1.165, 1.54) is 0 Å². The van der Waals surface area contributed by atoms with Crippen LogP contribution < -0.4 is 10.1 Å². The number of ether oxygens (including phenoxy) is 1. The Morgan fingerprint density at radius 2 is 2.10 bits per heavy atom. The SMILES string of the molecule is CCOc1cc(C(=O)NCC(C)C)c2ccccc2n1. The molecule has 1 aromatic heterocycles. The van der Waals surface area contributed by atoms with Gasteiger partial charge in [0.25, 0.3) is 5.91 Å². The monoisotopic (exact) mass is 272 g/mol. The number of fused-ring (bicyclic) bond motifs is 1. The normalized spacial score (nSPS) is 10.8. The van der Waals surface area contributed by atoms with E-state index in [4.69, 9.17) is 4.74 Å². The Morgan fingerprint density at radius 3 is 2.80 bits per heavy atom. The standard InChI is InChI=1S/C16H20N2O2/c1-4-20-15-9-13(16(19)17-10-11(2)3)12-7-5-6-8-14(12)18-15/h5-9,11H,4,10H2,1-3H3,(H,17,19). The van der Waals surface area contributed by atoms with Crippen molar-refractivity contribution in [1.29, 1.82) is 0 Å². The fraction of sp³-hybridized carbons (Fsp3) is 0.375. The zero-order valence-corrected chi connectivity index (χ0v) is 12.1. The highest BCUT2D eigenvalue weighted by Crippen LogP contribution is 2.22. The fourth-order valence-electron chi connectivity index (χ4n) is 1.95. The molecule has 0 spiro atoms. The first-order chi connectivity index (χ1) is 9.61. The van der Waals surface area contributed by atoms with Crippen LogP contribution in [0.5, 0.6) is 5.88 Å². The van der Waals surface area contributed by atoms with Crippen LogP contribution in [0.3, 0.4) is 0 Å². The Kier molecular flexibility index (Phi) is 4.56. The van der Waals surface area contributed by atoms with Gasteiger partial charge in [0.15, 0.2) is 0 Å². The predicted octanol–water partition coefficient (Wildman–Crippen LogP) is 3.02. The van der Waals surface area contributed by atoms with Gasteiger partial charge in [-0.05, 0) is 18.9 Å². The minimum Gasteiger partial charge on any atom is -0.478 e. The summed E-state index contributed by atoms with van der Waals surface area (Å²) in [5, 5.41) is 3.78. The van der Waals surface area contributed by atoms with Crippen LogP contribution in [0.1, 0.15) is 31.1 Å². The van der Waals surface area contributed by atoms with Crippen molar-refractivity contribution in [1.82, 2.24) is 10.3 Å². The number of para-hydroxylation sites is 1. The molecule has 4 nitrogen and oxygen atoms in total. The van der Waals surface area contributed by atoms with Crippen LogP contribution >= 0.6 is 0 Å². The summed E-state index contributed by atoms with van der Waals surface area (Å²) in [7, 11) is 0. The number of carbonyl (C=O) groups excluding carboxylic acids is 1. The Morgan fingerprint density at radius 1 is 1.35 bits per heavy atom. The van der Waals surface area contributed by atoms with Gasteiger partial charge in [-0.2, -0.15) is 0 Å². The van der Waals surface area contributed by atoms with Crippen LogP contribution in [0.25, 0.3) is 10.9 Å². The van der Waals surface area contributed by atoms with Crippen LogP contribution in [0.4, 0.5) is 0 Å². The average Bonchev–Trinajstić information content (AvgIpc) is 2.44. The number of hydrogen-bond donors (Lipinski definition) is 1. The van der Waals surface area contributed by atoms with E-state index in [1.807, 2.05) is 31.2 Å². The predicted molar refractivity (Wildman–Crippen MR) is 80.1 cm³/mol. The van der Waals surface area contributed by atoms with Crippen molar-refractivity contribution in [2.24, 2.45) is 5.92 Å². The molecule has 0 aliphatic heterocycles. The summed E-state index contributed by atoms with van der Waals surface area (Å²) in [6.07, 6.45) is 0. The van der Waals surface area contributed by atoms with Crippen LogP contribution in [-0.2, 0) is 0 Å². The molecule has 1 heterocycles. The Hall–Kier alpha value is -2.10. The maximum absolute atomic E-state index is 12.3. The molecule has 0 unspecified atom stereocenters. The van der Waals surface area contributed by atoms with Gasteiger partial charge in [0, 0.05) is 18.0 Å². The quantitative estimate of drug-likeness (QED) is 0.910. The van der Waals surface area contributed by atoms with Crippen molar-refractivity contribution >= 4 is 16.8 Å². The molecule has 0 aliphatic carbocycles. The lowest BCUT2D eigenvalue weighted by Crippen LogP contribution is -2.27. The Labute approximate surface area is 119 Å². The summed E-state index contributed by atoms with van der Waals surface area (Å²) in [5.74, 6) is 0.817. The third-order valence-corrected chi connectivity index (χ3v) is 2.90. The van der Waals surface area contributed by atoms with Gasteiger partial charge in [-0.15, -0.1) is 0 Å². The van der Waals surface area contributed by atoms with Gasteiger partial charge < -0.3 is 10.1 Å². The summed E-state index contributed by atoms with van der Waals surface area (Å²) in [6.45, 7) is 7.21. The molecule has 20 heavy (non-hydrogen) atoms. The van der Waals surface area contributed by atoms with E-state index < -0.39 is 0 Å². The number of pyridine rings is 1. The molecule has 1 aromatic carbocycles. The molecule has 0 aliphatic rings. The zero-order chi connectivity index (χ0) is 14.5. The van der Waals surface area contributed by atoms with Crippen molar-refractivity contribution in [2.75, 3.05) is 13.2 Å². The average molecular weight is 272 g/mol. The molecule has 0 radical (unpaired) electrons. The molecule has 0 saturated heterocycles. The molecule has 2 aromatic rings. The first kappa shape index (κ1) is 14.3. The number of benzene rings is 1. The molecule has 4 heteroatoms. The number of nitrogens with zero attached hydrogens (tertiary/aromatic N) is 1. The molecule has 0 atom stereocenters. The van der Waals surface area contributed by atoms with E-state index in [0.717, 1.165) is 10.9 Å². The number of amides is 1. The van der Waals surface area contributed by atoms with Crippen molar-refractivity contribution in [3.8, 4) is 5.88 Å². The smallest absolute Gasteiger partial charge is 0.252 e. The molecular weight excluding hydrogens is 252 g/mol. The maximum atomic E-state index is 12.3. The molecule has 0 fully saturated rings. The Balaban J connectivity index is 2.41. The number of nitrogens with one attached hydrogen (secondary N) is 1. The summed E-state index contributed by atoms with van der Waals surface area (Å²) >= 11 is 0. The largest absolute Gasteiger partial charge is 0.478 e. The molecule has 0 bridgehead atoms. The molecule has 0 saturated carbocycles. The first-order valence-electron chi connectivity index (χ1n) is 6.92. The van der Waals surface area contributed by atoms with Crippen LogP contribution in [-0.4, -0.2) is 24.0 Å². The zero-order valence-electron chi connectivity index (χ0n) is 12.1. The van der Waals surface area contributed by atoms with Gasteiger partial charge in [-0.3, -0.25) is 4.79 Å². The lowest BCUT2D eigenvalue weighted by atomic mass is 10.1. The van der Waals surface area contributed by atoms with Gasteiger partial charge in [-0.25, -0.2) is 4.98 Å². The first-order valence-corrected chi connectivity index (χ1v) is 6.92. The molecule has 106 valence electrons. The van der Waals surface area contributed by atoms with Crippen molar-refractivity contribution < 1.29 is 9.53 Å². The third kappa shape index (κ3) is 3.26. The number of carbonyl (C=O) groups is 1. The highest BCUT2D eigenvalue weighted by Gasteiger charge is 2.13. The lowest BCUT2D eigenvalue weighted by Gasteiger charge is -2.11. The maximum Gasteiger partial charge on any atom is 0.252 e. The van der Waals surface area contributed by atoms with Gasteiger partial charge in [-0.1, -0.05) is 32.0 Å². The topological polar surface area (TPSA) is 51.2 Å². The van der Waals surface area contributed by atoms with E-state index in [1.54, 1.807) is 6.07 Å².